The van der Waals surface area contributed by atoms with Crippen LogP contribution in [-0.2, 0) is 74.9 Å². The summed E-state index contributed by atoms with van der Waals surface area (Å²) in [4.78, 5) is 191. The summed E-state index contributed by atoms with van der Waals surface area (Å²) in [6.45, 7) is 7.47. The average molecular weight is 1470 g/mol. The minimum Gasteiger partial charge on any atom is -0.377 e. The predicted octanol–water partition coefficient (Wildman–Crippen LogP) is 5.45. The number of hydrogen-bond acceptors (Lipinski definition) is 13. The van der Waals surface area contributed by atoms with Crippen molar-refractivity contribution in [2.24, 2.45) is 23.7 Å². The molecule has 2 bridgehead atoms. The highest BCUT2D eigenvalue weighted by Gasteiger charge is 2.54. The summed E-state index contributed by atoms with van der Waals surface area (Å²) in [6, 6.07) is -9.80. The Balaban J connectivity index is 1.33. The molecule has 0 aromatic heterocycles. The summed E-state index contributed by atoms with van der Waals surface area (Å²) in [5, 5.41) is 8.49. The summed E-state index contributed by atoms with van der Waals surface area (Å²) in [5.74, 6) is -13.8. The number of rotatable bonds is 13. The lowest BCUT2D eigenvalue weighted by atomic mass is 9.74. The number of nitrogens with zero attached hydrogens (tertiary/aromatic N) is 9. The van der Waals surface area contributed by atoms with Gasteiger partial charge in [-0.2, -0.15) is 13.2 Å². The molecule has 30 heteroatoms. The van der Waals surface area contributed by atoms with Gasteiger partial charge >= 0.3 is 6.18 Å². The lowest BCUT2D eigenvalue weighted by molar-refractivity contribution is -0.158. The fraction of sp³-hybridized carbons (Fsp3) is 0.730. The van der Waals surface area contributed by atoms with Crippen LogP contribution in [0.2, 0.25) is 0 Å². The molecule has 10 atom stereocenters. The fourth-order valence-corrected chi connectivity index (χ4v) is 15.8. The zero-order valence-corrected chi connectivity index (χ0v) is 62.9. The normalized spacial score (nSPS) is 27.6. The third-order valence-corrected chi connectivity index (χ3v) is 22.3. The number of halogens is 5. The minimum atomic E-state index is -5.41. The first-order valence-corrected chi connectivity index (χ1v) is 37.1. The zero-order valence-electron chi connectivity index (χ0n) is 62.9. The molecule has 0 radical (unpaired) electrons. The van der Waals surface area contributed by atoms with E-state index in [1.165, 1.54) is 80.9 Å². The molecule has 3 N–H and O–H groups in total. The van der Waals surface area contributed by atoms with Gasteiger partial charge in [-0.25, -0.2) is 8.78 Å². The highest BCUT2D eigenvalue weighted by Crippen LogP contribution is 2.40. The van der Waals surface area contributed by atoms with Gasteiger partial charge < -0.3 is 64.8 Å². The van der Waals surface area contributed by atoms with Crippen LogP contribution in [0.5, 0.6) is 0 Å². The topological polar surface area (TPSA) is 279 Å². The molecule has 104 heavy (non-hydrogen) atoms. The third kappa shape index (κ3) is 20.0. The molecule has 2 saturated heterocycles. The fourth-order valence-electron chi connectivity index (χ4n) is 15.8. The van der Waals surface area contributed by atoms with Crippen LogP contribution in [-0.4, -0.2) is 264 Å². The summed E-state index contributed by atoms with van der Waals surface area (Å²) >= 11 is 0. The number of ether oxygens (including phenoxy) is 1. The standard InChI is InChI=1S/C74H111F5N12O13/c1-14-45(5)62-70(101)85(9)43-60(94)86(10)53-29-20-17-23-34-90(69(53)100)57(38-46-25-18-16-19-26-46)68(99)84(8)42-58(92)80-52(31-30-47-36-50(75)61(51(76)37-47)74(77,78)79)66(97)91-41-49(104-15-2)39-55(91)65(96)82-73(32-24-33-73)72(103)89(13)63(48-27-21-22-28-48)71(102)88(12)56(67(98)83(6)7)40-59(93)87(11)54(35-44(3)4)64(95)81-62/h17,20,36-37,44-46,48-49,52-57,62-63H,14-16,18-19,21-35,38-43H2,1-13H3,(H,80,92)(H,81,95)(H,82,96)/b20-17-/t45-,49+,52+,53-,54-,55-,56-,57-,62-,63-/m0/s1. The van der Waals surface area contributed by atoms with E-state index in [0.717, 1.165) is 51.7 Å². The summed E-state index contributed by atoms with van der Waals surface area (Å²) in [5.41, 5.74) is -4.12. The largest absolute Gasteiger partial charge is 0.422 e. The molecule has 1 spiro atoms. The van der Waals surface area contributed by atoms with E-state index in [9.17, 15) is 41.9 Å². The second-order valence-electron chi connectivity index (χ2n) is 30.4. The molecule has 0 unspecified atom stereocenters. The van der Waals surface area contributed by atoms with E-state index in [4.69, 9.17) is 4.74 Å². The number of alkyl halides is 3. The first-order chi connectivity index (χ1) is 49.0. The SMILES string of the molecule is CCO[C@@H]1C[C@H]2C(=O)NC3(CCC3)C(=O)N(C)[C@@H](C3CCCC3)C(=O)N(C)[C@H](C(=O)N(C)C)CC(=O)N(C)[C@@H](CC(C)C)C(=O)N[C@@H]([C@@H](C)CC)C(=O)N(C)CC(=O)N(C)[C@H]3C/C=C\CCN(C3=O)[C@@H](CC3CCCCC3)C(=O)N(C)CC(=O)N[C@H](CCc3cc(F)c(C(F)(F)F)c(F)c3)C(=O)N2C1. The van der Waals surface area contributed by atoms with E-state index in [1.54, 1.807) is 19.9 Å². The molecule has 5 fully saturated rings. The van der Waals surface area contributed by atoms with Crippen molar-refractivity contribution in [3.8, 4) is 0 Å². The number of carbonyl (C=O) groups is 12. The molecule has 7 rings (SSSR count). The van der Waals surface area contributed by atoms with Crippen molar-refractivity contribution in [1.82, 2.24) is 60.0 Å². The molecule has 1 aromatic rings. The lowest BCUT2D eigenvalue weighted by Gasteiger charge is -2.46. The van der Waals surface area contributed by atoms with Crippen LogP contribution >= 0.6 is 0 Å². The van der Waals surface area contributed by atoms with Crippen molar-refractivity contribution >= 4 is 70.9 Å². The maximum atomic E-state index is 15.5. The van der Waals surface area contributed by atoms with E-state index >= 15 is 37.5 Å². The third-order valence-electron chi connectivity index (χ3n) is 22.3. The number of hydrogen-bond donors (Lipinski definition) is 3. The van der Waals surface area contributed by atoms with Crippen LogP contribution in [0.15, 0.2) is 24.3 Å². The van der Waals surface area contributed by atoms with Crippen molar-refractivity contribution in [2.75, 3.05) is 89.2 Å². The second kappa shape index (κ2) is 36.5. The van der Waals surface area contributed by atoms with Crippen molar-refractivity contribution in [1.29, 1.82) is 0 Å². The maximum absolute atomic E-state index is 15.5. The van der Waals surface area contributed by atoms with E-state index in [1.807, 2.05) is 26.8 Å². The Morgan fingerprint density at radius 2 is 1.31 bits per heavy atom. The van der Waals surface area contributed by atoms with Crippen molar-refractivity contribution in [2.45, 2.75) is 236 Å². The highest BCUT2D eigenvalue weighted by atomic mass is 19.4. The van der Waals surface area contributed by atoms with Gasteiger partial charge in [0.1, 0.15) is 71.1 Å². The minimum absolute atomic E-state index is 0.00679. The van der Waals surface area contributed by atoms with Gasteiger partial charge in [-0.1, -0.05) is 91.2 Å². The van der Waals surface area contributed by atoms with Crippen molar-refractivity contribution < 1.29 is 84.2 Å². The van der Waals surface area contributed by atoms with Gasteiger partial charge in [0.2, 0.25) is 70.9 Å². The maximum Gasteiger partial charge on any atom is 0.422 e. The first-order valence-electron chi connectivity index (χ1n) is 37.1. The molecular formula is C74H111F5N12O13. The Kier molecular flexibility index (Phi) is 29.3. The lowest BCUT2D eigenvalue weighted by Crippen LogP contribution is -2.68. The second-order valence-corrected chi connectivity index (χ2v) is 30.4. The van der Waals surface area contributed by atoms with Crippen LogP contribution in [0.1, 0.15) is 174 Å². The molecule has 6 aliphatic rings. The van der Waals surface area contributed by atoms with Gasteiger partial charge in [-0.05, 0) is 119 Å². The molecule has 3 aliphatic carbocycles. The number of benzene rings is 1. The average Bonchev–Trinajstić information content (AvgIpc) is 1.56. The van der Waals surface area contributed by atoms with Crippen LogP contribution < -0.4 is 16.0 Å². The molecule has 12 amide bonds. The summed E-state index contributed by atoms with van der Waals surface area (Å²) < 4.78 is 77.9. The molecule has 3 aliphatic heterocycles. The predicted molar refractivity (Wildman–Crippen MR) is 375 cm³/mol. The van der Waals surface area contributed by atoms with Crippen LogP contribution in [0.4, 0.5) is 22.0 Å². The molecule has 3 saturated carbocycles. The first kappa shape index (κ1) is 83.5. The Morgan fingerprint density at radius 1 is 0.683 bits per heavy atom. The summed E-state index contributed by atoms with van der Waals surface area (Å²) in [6.07, 6.45) is 3.62. The Morgan fingerprint density at radius 3 is 1.88 bits per heavy atom. The Bertz CT molecular complexity index is 3300. The van der Waals surface area contributed by atoms with Gasteiger partial charge in [0.05, 0.1) is 25.6 Å². The number of aryl methyl sites for hydroxylation is 1. The summed E-state index contributed by atoms with van der Waals surface area (Å²) in [7, 11) is 11.2. The number of likely N-dealkylation sites (N-methyl/N-ethyl adjacent to an activating group) is 7. The molecule has 25 nitrogen and oxygen atoms in total. The number of nitrogens with one attached hydrogen (secondary N) is 3. The van der Waals surface area contributed by atoms with E-state index in [2.05, 4.69) is 16.0 Å². The van der Waals surface area contributed by atoms with E-state index in [0.29, 0.717) is 57.1 Å². The smallest absolute Gasteiger partial charge is 0.377 e. The van der Waals surface area contributed by atoms with Gasteiger partial charge in [-0.15, -0.1) is 0 Å². The number of carbonyl (C=O) groups excluding carboxylic acids is 12. The Labute approximate surface area is 608 Å². The van der Waals surface area contributed by atoms with Crippen molar-refractivity contribution in [3.63, 3.8) is 0 Å². The van der Waals surface area contributed by atoms with Crippen LogP contribution in [0.25, 0.3) is 0 Å². The number of fused-ring (bicyclic) bond motifs is 3. The monoisotopic (exact) mass is 1470 g/mol. The van der Waals surface area contributed by atoms with Gasteiger partial charge in [0.15, 0.2) is 0 Å². The highest BCUT2D eigenvalue weighted by molar-refractivity contribution is 6.01. The molecule has 1 aromatic carbocycles. The van der Waals surface area contributed by atoms with Gasteiger partial charge in [0, 0.05) is 82.5 Å². The zero-order chi connectivity index (χ0) is 77.0. The number of amides is 12. The van der Waals surface area contributed by atoms with Crippen LogP contribution in [0, 0.1) is 35.3 Å². The van der Waals surface area contributed by atoms with Crippen LogP contribution in [0.3, 0.4) is 0 Å². The molecule has 580 valence electrons. The van der Waals surface area contributed by atoms with Gasteiger partial charge in [-0.3, -0.25) is 57.5 Å². The quantitative estimate of drug-likeness (QED) is 0.164. The Hall–Kier alpha value is -7.79. The van der Waals surface area contributed by atoms with Crippen molar-refractivity contribution in [3.05, 3.63) is 47.0 Å². The van der Waals surface area contributed by atoms with E-state index in [-0.39, 0.29) is 75.6 Å². The molecule has 3 heterocycles. The van der Waals surface area contributed by atoms with Gasteiger partial charge in [0.25, 0.3) is 0 Å². The molecular weight excluding hydrogens is 1360 g/mol. The van der Waals surface area contributed by atoms with E-state index < -0.39 is 198 Å².